The van der Waals surface area contributed by atoms with Crippen molar-refractivity contribution in [2.24, 2.45) is 0 Å². The molecule has 3 heterocycles. The highest BCUT2D eigenvalue weighted by molar-refractivity contribution is 9.10. The third kappa shape index (κ3) is 2.55. The van der Waals surface area contributed by atoms with Crippen molar-refractivity contribution in [2.75, 3.05) is 6.61 Å². The zero-order chi connectivity index (χ0) is 13.2. The van der Waals surface area contributed by atoms with E-state index in [2.05, 4.69) is 26.0 Å². The molecule has 6 heteroatoms. The Morgan fingerprint density at radius 1 is 1.32 bits per heavy atom. The van der Waals surface area contributed by atoms with Gasteiger partial charge in [0, 0.05) is 6.61 Å². The number of pyridine rings is 1. The van der Waals surface area contributed by atoms with Crippen LogP contribution in [0.4, 0.5) is 4.39 Å². The van der Waals surface area contributed by atoms with Gasteiger partial charge in [-0.15, -0.1) is 0 Å². The minimum absolute atomic E-state index is 0.0677. The zero-order valence-electron chi connectivity index (χ0n) is 10.2. The monoisotopic (exact) mass is 325 g/mol. The van der Waals surface area contributed by atoms with E-state index in [0.717, 1.165) is 36.0 Å². The summed E-state index contributed by atoms with van der Waals surface area (Å²) in [5, 5.41) is 4.35. The quantitative estimate of drug-likeness (QED) is 0.847. The summed E-state index contributed by atoms with van der Waals surface area (Å²) in [6.07, 6.45) is 6.00. The molecule has 1 aliphatic heterocycles. The SMILES string of the molecule is Fc1ccc(-c2c(Br)cnn2C2CCCCO2)nc1. The standard InChI is InChI=1S/C13H13BrFN3O/c14-10-8-17-18(12-3-1-2-6-19-12)13(10)11-5-4-9(15)7-16-11/h4-5,7-8,12H,1-3,6H2. The van der Waals surface area contributed by atoms with Gasteiger partial charge in [0.2, 0.25) is 0 Å². The highest BCUT2D eigenvalue weighted by Gasteiger charge is 2.22. The lowest BCUT2D eigenvalue weighted by Gasteiger charge is -2.24. The largest absolute Gasteiger partial charge is 0.356 e. The van der Waals surface area contributed by atoms with Gasteiger partial charge in [-0.05, 0) is 47.3 Å². The van der Waals surface area contributed by atoms with E-state index < -0.39 is 0 Å². The van der Waals surface area contributed by atoms with Crippen molar-refractivity contribution < 1.29 is 9.13 Å². The Bertz CT molecular complexity index is 564. The van der Waals surface area contributed by atoms with Crippen LogP contribution in [0, 0.1) is 5.82 Å². The van der Waals surface area contributed by atoms with E-state index in [1.54, 1.807) is 12.3 Å². The van der Waals surface area contributed by atoms with Crippen molar-refractivity contribution in [1.29, 1.82) is 0 Å². The van der Waals surface area contributed by atoms with E-state index in [1.165, 1.54) is 12.3 Å². The summed E-state index contributed by atoms with van der Waals surface area (Å²) in [6, 6.07) is 3.05. The van der Waals surface area contributed by atoms with E-state index in [-0.39, 0.29) is 12.0 Å². The lowest BCUT2D eigenvalue weighted by atomic mass is 10.2. The molecule has 3 rings (SSSR count). The summed E-state index contributed by atoms with van der Waals surface area (Å²) < 4.78 is 21.4. The summed E-state index contributed by atoms with van der Waals surface area (Å²) in [4.78, 5) is 4.12. The van der Waals surface area contributed by atoms with Crippen LogP contribution < -0.4 is 0 Å². The van der Waals surface area contributed by atoms with Crippen LogP contribution in [0.2, 0.25) is 0 Å². The fourth-order valence-corrected chi connectivity index (χ4v) is 2.71. The number of halogens is 2. The summed E-state index contributed by atoms with van der Waals surface area (Å²) in [5.74, 6) is -0.347. The van der Waals surface area contributed by atoms with Crippen molar-refractivity contribution in [3.05, 3.63) is 34.8 Å². The number of aromatic nitrogens is 3. The zero-order valence-corrected chi connectivity index (χ0v) is 11.8. The summed E-state index contributed by atoms with van der Waals surface area (Å²) >= 11 is 3.47. The van der Waals surface area contributed by atoms with E-state index in [1.807, 2.05) is 4.68 Å². The topological polar surface area (TPSA) is 39.9 Å². The van der Waals surface area contributed by atoms with Crippen molar-refractivity contribution in [1.82, 2.24) is 14.8 Å². The molecule has 1 unspecified atom stereocenters. The van der Waals surface area contributed by atoms with Gasteiger partial charge in [-0.2, -0.15) is 5.10 Å². The Balaban J connectivity index is 2.00. The van der Waals surface area contributed by atoms with Gasteiger partial charge in [0.25, 0.3) is 0 Å². The molecule has 1 atom stereocenters. The van der Waals surface area contributed by atoms with E-state index in [4.69, 9.17) is 4.74 Å². The smallest absolute Gasteiger partial charge is 0.150 e. The molecular weight excluding hydrogens is 313 g/mol. The number of hydrogen-bond acceptors (Lipinski definition) is 3. The molecular formula is C13H13BrFN3O. The summed E-state index contributed by atoms with van der Waals surface area (Å²) in [5.41, 5.74) is 1.51. The fraction of sp³-hybridized carbons (Fsp3) is 0.385. The van der Waals surface area contributed by atoms with Crippen LogP contribution in [0.15, 0.2) is 29.0 Å². The Kier molecular flexibility index (Phi) is 3.61. The van der Waals surface area contributed by atoms with Gasteiger partial charge in [-0.1, -0.05) is 0 Å². The molecule has 1 saturated heterocycles. The predicted molar refractivity (Wildman–Crippen MR) is 72.0 cm³/mol. The number of ether oxygens (including phenoxy) is 1. The van der Waals surface area contributed by atoms with Crippen LogP contribution in [-0.4, -0.2) is 21.4 Å². The number of nitrogens with zero attached hydrogens (tertiary/aromatic N) is 3. The lowest BCUT2D eigenvalue weighted by molar-refractivity contribution is -0.0384. The molecule has 0 aromatic carbocycles. The fourth-order valence-electron chi connectivity index (χ4n) is 2.23. The van der Waals surface area contributed by atoms with Crippen LogP contribution in [0.25, 0.3) is 11.4 Å². The van der Waals surface area contributed by atoms with Crippen molar-refractivity contribution in [2.45, 2.75) is 25.5 Å². The van der Waals surface area contributed by atoms with Crippen molar-refractivity contribution in [3.8, 4) is 11.4 Å². The number of rotatable bonds is 2. The molecule has 0 amide bonds. The van der Waals surface area contributed by atoms with Crippen LogP contribution in [0.5, 0.6) is 0 Å². The summed E-state index contributed by atoms with van der Waals surface area (Å²) in [7, 11) is 0. The van der Waals surface area contributed by atoms with Crippen LogP contribution in [0.1, 0.15) is 25.5 Å². The molecule has 0 saturated carbocycles. The molecule has 2 aromatic heterocycles. The number of hydrogen-bond donors (Lipinski definition) is 0. The van der Waals surface area contributed by atoms with Gasteiger partial charge in [0.1, 0.15) is 11.5 Å². The van der Waals surface area contributed by atoms with Gasteiger partial charge in [0.15, 0.2) is 6.23 Å². The maximum atomic E-state index is 13.0. The van der Waals surface area contributed by atoms with Gasteiger partial charge >= 0.3 is 0 Å². The van der Waals surface area contributed by atoms with Gasteiger partial charge in [-0.3, -0.25) is 4.98 Å². The van der Waals surface area contributed by atoms with Crippen LogP contribution in [-0.2, 0) is 4.74 Å². The minimum atomic E-state index is -0.347. The molecule has 1 aliphatic rings. The molecule has 2 aromatic rings. The molecule has 0 radical (unpaired) electrons. The second-order valence-corrected chi connectivity index (χ2v) is 5.32. The first-order valence-electron chi connectivity index (χ1n) is 6.22. The average Bonchev–Trinajstić information content (AvgIpc) is 2.83. The van der Waals surface area contributed by atoms with Crippen molar-refractivity contribution >= 4 is 15.9 Å². The second kappa shape index (κ2) is 5.38. The van der Waals surface area contributed by atoms with E-state index in [0.29, 0.717) is 5.69 Å². The first kappa shape index (κ1) is 12.7. The maximum absolute atomic E-state index is 13.0. The Morgan fingerprint density at radius 3 is 2.89 bits per heavy atom. The molecule has 0 N–H and O–H groups in total. The normalized spacial score (nSPS) is 19.6. The molecule has 4 nitrogen and oxygen atoms in total. The average molecular weight is 326 g/mol. The Morgan fingerprint density at radius 2 is 2.21 bits per heavy atom. The second-order valence-electron chi connectivity index (χ2n) is 4.47. The highest BCUT2D eigenvalue weighted by Crippen LogP contribution is 2.32. The van der Waals surface area contributed by atoms with Crippen molar-refractivity contribution in [3.63, 3.8) is 0 Å². The predicted octanol–water partition coefficient (Wildman–Crippen LogP) is 3.55. The van der Waals surface area contributed by atoms with E-state index in [9.17, 15) is 4.39 Å². The molecule has 0 bridgehead atoms. The molecule has 0 spiro atoms. The third-order valence-corrected chi connectivity index (χ3v) is 3.73. The maximum Gasteiger partial charge on any atom is 0.150 e. The van der Waals surface area contributed by atoms with Gasteiger partial charge < -0.3 is 4.74 Å². The lowest BCUT2D eigenvalue weighted by Crippen LogP contribution is -2.20. The van der Waals surface area contributed by atoms with Gasteiger partial charge in [-0.25, -0.2) is 9.07 Å². The van der Waals surface area contributed by atoms with Crippen LogP contribution >= 0.6 is 15.9 Å². The molecule has 19 heavy (non-hydrogen) atoms. The Labute approximate surface area is 118 Å². The van der Waals surface area contributed by atoms with Crippen LogP contribution in [0.3, 0.4) is 0 Å². The third-order valence-electron chi connectivity index (χ3n) is 3.15. The highest BCUT2D eigenvalue weighted by atomic mass is 79.9. The molecule has 100 valence electrons. The van der Waals surface area contributed by atoms with Gasteiger partial charge in [0.05, 0.1) is 22.6 Å². The van der Waals surface area contributed by atoms with E-state index >= 15 is 0 Å². The Hall–Kier alpha value is -1.27. The molecule has 0 aliphatic carbocycles. The first-order valence-corrected chi connectivity index (χ1v) is 7.01. The minimum Gasteiger partial charge on any atom is -0.356 e. The summed E-state index contributed by atoms with van der Waals surface area (Å²) in [6.45, 7) is 0.748. The first-order chi connectivity index (χ1) is 9.25. The molecule has 1 fully saturated rings.